The summed E-state index contributed by atoms with van der Waals surface area (Å²) in [5.74, 6) is -0.171. The fourth-order valence-electron chi connectivity index (χ4n) is 3.01. The summed E-state index contributed by atoms with van der Waals surface area (Å²) in [4.78, 5) is 14.0. The third kappa shape index (κ3) is 3.96. The average molecular weight is 406 g/mol. The molecular formula is C20H23FN2O4S. The first-order chi connectivity index (χ1) is 13.1. The number of amides is 1. The van der Waals surface area contributed by atoms with Crippen molar-refractivity contribution in [3.63, 3.8) is 0 Å². The maximum absolute atomic E-state index is 13.8. The number of halogens is 1. The highest BCUT2D eigenvalue weighted by atomic mass is 32.2. The summed E-state index contributed by atoms with van der Waals surface area (Å²) < 4.78 is 47.2. The van der Waals surface area contributed by atoms with Gasteiger partial charge >= 0.3 is 0 Å². The van der Waals surface area contributed by atoms with Crippen molar-refractivity contribution >= 4 is 21.6 Å². The van der Waals surface area contributed by atoms with Crippen LogP contribution >= 0.6 is 0 Å². The molecule has 1 unspecified atom stereocenters. The molecule has 6 nitrogen and oxygen atoms in total. The Morgan fingerprint density at radius 2 is 1.93 bits per heavy atom. The van der Waals surface area contributed by atoms with E-state index in [1.54, 1.807) is 36.9 Å². The smallest absolute Gasteiger partial charge is 0.263 e. The molecule has 1 atom stereocenters. The fraction of sp³-hybridized carbons (Fsp3) is 0.350. The van der Waals surface area contributed by atoms with Gasteiger partial charge in [0.1, 0.15) is 11.6 Å². The molecule has 1 N–H and O–H groups in total. The normalized spacial score (nSPS) is 17.1. The molecule has 1 heterocycles. The summed E-state index contributed by atoms with van der Waals surface area (Å²) in [5, 5.41) is 0. The third-order valence-electron chi connectivity index (χ3n) is 4.66. The summed E-state index contributed by atoms with van der Waals surface area (Å²) >= 11 is 0. The van der Waals surface area contributed by atoms with Gasteiger partial charge < -0.3 is 9.64 Å². The summed E-state index contributed by atoms with van der Waals surface area (Å²) in [6.07, 6.45) is -0.623. The van der Waals surface area contributed by atoms with Gasteiger partial charge in [0.15, 0.2) is 6.10 Å². The molecule has 0 bridgehead atoms. The van der Waals surface area contributed by atoms with E-state index in [0.717, 1.165) is 6.07 Å². The predicted octanol–water partition coefficient (Wildman–Crippen LogP) is 3.45. The average Bonchev–Trinajstić information content (AvgIpc) is 2.74. The van der Waals surface area contributed by atoms with Crippen LogP contribution in [0.3, 0.4) is 0 Å². The van der Waals surface area contributed by atoms with E-state index in [9.17, 15) is 17.6 Å². The van der Waals surface area contributed by atoms with Gasteiger partial charge in [-0.3, -0.25) is 9.52 Å². The highest BCUT2D eigenvalue weighted by molar-refractivity contribution is 7.92. The van der Waals surface area contributed by atoms with Gasteiger partial charge in [0, 0.05) is 23.8 Å². The van der Waals surface area contributed by atoms with E-state index >= 15 is 0 Å². The molecule has 150 valence electrons. The number of nitrogens with one attached hydrogen (secondary N) is 1. The van der Waals surface area contributed by atoms with Gasteiger partial charge in [-0.05, 0) is 63.6 Å². The van der Waals surface area contributed by atoms with Crippen LogP contribution in [-0.4, -0.2) is 31.4 Å². The largest absolute Gasteiger partial charge is 0.481 e. The highest BCUT2D eigenvalue weighted by Gasteiger charge is 2.29. The van der Waals surface area contributed by atoms with E-state index in [1.165, 1.54) is 12.1 Å². The number of rotatable bonds is 4. The molecule has 0 saturated heterocycles. The number of ether oxygens (including phenoxy) is 1. The number of hydrogen-bond acceptors (Lipinski definition) is 4. The van der Waals surface area contributed by atoms with Gasteiger partial charge in [-0.25, -0.2) is 12.8 Å². The maximum atomic E-state index is 13.8. The van der Waals surface area contributed by atoms with Crippen molar-refractivity contribution in [3.8, 4) is 5.75 Å². The zero-order valence-electron chi connectivity index (χ0n) is 16.2. The molecule has 3 rings (SSSR count). The molecule has 0 aromatic heterocycles. The Morgan fingerprint density at radius 1 is 1.21 bits per heavy atom. The van der Waals surface area contributed by atoms with E-state index < -0.39 is 21.9 Å². The van der Waals surface area contributed by atoms with E-state index in [-0.39, 0.29) is 16.8 Å². The molecule has 1 amide bonds. The number of benzene rings is 2. The number of nitrogens with zero attached hydrogens (tertiary/aromatic N) is 1. The molecule has 8 heteroatoms. The molecule has 0 saturated carbocycles. The Bertz CT molecular complexity index is 1020. The summed E-state index contributed by atoms with van der Waals surface area (Å²) in [6.45, 7) is 7.39. The lowest BCUT2D eigenvalue weighted by Gasteiger charge is -2.26. The Labute approximate surface area is 164 Å². The number of carbonyl (C=O) groups is 1. The minimum atomic E-state index is -3.95. The number of sulfonamides is 1. The minimum Gasteiger partial charge on any atom is -0.481 e. The van der Waals surface area contributed by atoms with Crippen LogP contribution in [0.15, 0.2) is 41.3 Å². The molecule has 0 fully saturated rings. The fourth-order valence-corrected chi connectivity index (χ4v) is 4.07. The quantitative estimate of drug-likeness (QED) is 0.844. The van der Waals surface area contributed by atoms with E-state index in [2.05, 4.69) is 4.72 Å². The van der Waals surface area contributed by atoms with Crippen molar-refractivity contribution in [2.75, 3.05) is 4.72 Å². The number of carbonyl (C=O) groups excluding carboxylic acids is 1. The Hall–Kier alpha value is -2.61. The van der Waals surface area contributed by atoms with E-state index in [4.69, 9.17) is 4.74 Å². The Kier molecular flexibility index (Phi) is 5.34. The second-order valence-corrected chi connectivity index (χ2v) is 8.84. The van der Waals surface area contributed by atoms with Crippen molar-refractivity contribution < 1.29 is 22.3 Å². The first-order valence-corrected chi connectivity index (χ1v) is 10.5. The Balaban J connectivity index is 1.92. The summed E-state index contributed by atoms with van der Waals surface area (Å²) in [6, 6.07) is 8.57. The first-order valence-electron chi connectivity index (χ1n) is 8.97. The van der Waals surface area contributed by atoms with Gasteiger partial charge in [-0.1, -0.05) is 6.07 Å². The molecular weight excluding hydrogens is 383 g/mol. The highest BCUT2D eigenvalue weighted by Crippen LogP contribution is 2.30. The molecule has 1 aliphatic heterocycles. The maximum Gasteiger partial charge on any atom is 0.263 e. The number of hydrogen-bond donors (Lipinski definition) is 1. The monoisotopic (exact) mass is 406 g/mol. The lowest BCUT2D eigenvalue weighted by atomic mass is 10.1. The second kappa shape index (κ2) is 7.43. The van der Waals surface area contributed by atoms with Gasteiger partial charge in [0.2, 0.25) is 0 Å². The van der Waals surface area contributed by atoms with Crippen LogP contribution in [0.25, 0.3) is 0 Å². The van der Waals surface area contributed by atoms with E-state index in [1.807, 2.05) is 13.8 Å². The zero-order chi connectivity index (χ0) is 20.6. The van der Waals surface area contributed by atoms with Gasteiger partial charge in [0.05, 0.1) is 4.90 Å². The molecule has 2 aromatic rings. The van der Waals surface area contributed by atoms with Crippen molar-refractivity contribution in [1.29, 1.82) is 0 Å². The number of fused-ring (bicyclic) bond motifs is 1. The third-order valence-corrected chi connectivity index (χ3v) is 6.04. The van der Waals surface area contributed by atoms with Crippen molar-refractivity contribution in [1.82, 2.24) is 4.90 Å². The zero-order valence-corrected chi connectivity index (χ0v) is 17.0. The molecule has 0 aliphatic carbocycles. The standard InChI is InChI=1S/C20H23FN2O4S/c1-12(2)23-11-15-9-16(6-8-19(15)27-14(4)20(23)24)22-28(25,26)17-7-5-13(3)18(21)10-17/h5-10,12,14,22H,11H2,1-4H3. The molecule has 28 heavy (non-hydrogen) atoms. The van der Waals surface area contributed by atoms with Crippen LogP contribution in [0.5, 0.6) is 5.75 Å². The van der Waals surface area contributed by atoms with Gasteiger partial charge in [-0.2, -0.15) is 0 Å². The van der Waals surface area contributed by atoms with Crippen LogP contribution in [-0.2, 0) is 21.4 Å². The van der Waals surface area contributed by atoms with Crippen LogP contribution in [0, 0.1) is 12.7 Å². The molecule has 2 aromatic carbocycles. The van der Waals surface area contributed by atoms with Crippen molar-refractivity contribution in [2.45, 2.75) is 51.3 Å². The number of anilines is 1. The topological polar surface area (TPSA) is 75.7 Å². The van der Waals surface area contributed by atoms with Gasteiger partial charge in [0.25, 0.3) is 15.9 Å². The van der Waals surface area contributed by atoms with Crippen molar-refractivity contribution in [2.24, 2.45) is 0 Å². The van der Waals surface area contributed by atoms with Gasteiger partial charge in [-0.15, -0.1) is 0 Å². The lowest BCUT2D eigenvalue weighted by molar-refractivity contribution is -0.139. The van der Waals surface area contributed by atoms with Crippen LogP contribution in [0.4, 0.5) is 10.1 Å². The summed E-state index contributed by atoms with van der Waals surface area (Å²) in [5.41, 5.74) is 1.38. The predicted molar refractivity (Wildman–Crippen MR) is 104 cm³/mol. The summed E-state index contributed by atoms with van der Waals surface area (Å²) in [7, 11) is -3.95. The number of aryl methyl sites for hydroxylation is 1. The van der Waals surface area contributed by atoms with E-state index in [0.29, 0.717) is 29.1 Å². The molecule has 1 aliphatic rings. The molecule has 0 spiro atoms. The minimum absolute atomic E-state index is 0.0274. The molecule has 0 radical (unpaired) electrons. The van der Waals surface area contributed by atoms with Crippen molar-refractivity contribution in [3.05, 3.63) is 53.3 Å². The lowest BCUT2D eigenvalue weighted by Crippen LogP contribution is -2.41. The second-order valence-electron chi connectivity index (χ2n) is 7.16. The van der Waals surface area contributed by atoms with Crippen LogP contribution in [0.2, 0.25) is 0 Å². The van der Waals surface area contributed by atoms with Crippen LogP contribution in [0.1, 0.15) is 31.9 Å². The first kappa shape index (κ1) is 20.1. The van der Waals surface area contributed by atoms with Crippen LogP contribution < -0.4 is 9.46 Å². The Morgan fingerprint density at radius 3 is 2.57 bits per heavy atom. The SMILES string of the molecule is Cc1ccc(S(=O)(=O)Nc2ccc3c(c2)CN(C(C)C)C(=O)C(C)O3)cc1F.